The molecule has 2 aromatic rings. The Hall–Kier alpha value is -1.65. The molecule has 1 heterocycles. The lowest BCUT2D eigenvalue weighted by atomic mass is 9.93. The second-order valence-electron chi connectivity index (χ2n) is 5.49. The van der Waals surface area contributed by atoms with E-state index in [9.17, 15) is 0 Å². The average Bonchev–Trinajstić information content (AvgIpc) is 2.88. The average molecular weight is 287 g/mol. The standard InChI is InChI=1S/C17H25N3O/c1-14-4-6-15(7-5-14)16(13-18-9-11-21-3)12-17-8-10-20(2)19-17/h4-8,10,16,18H,9,11-13H2,1-3H3. The summed E-state index contributed by atoms with van der Waals surface area (Å²) in [4.78, 5) is 0. The Morgan fingerprint density at radius 2 is 2.00 bits per heavy atom. The van der Waals surface area contributed by atoms with Crippen LogP contribution in [0.15, 0.2) is 36.5 Å². The van der Waals surface area contributed by atoms with Gasteiger partial charge in [-0.1, -0.05) is 29.8 Å². The van der Waals surface area contributed by atoms with Crippen molar-refractivity contribution in [2.24, 2.45) is 7.05 Å². The number of nitrogens with one attached hydrogen (secondary N) is 1. The Labute approximate surface area is 127 Å². The van der Waals surface area contributed by atoms with E-state index in [-0.39, 0.29) is 0 Å². The lowest BCUT2D eigenvalue weighted by molar-refractivity contribution is 0.199. The molecule has 1 aromatic carbocycles. The van der Waals surface area contributed by atoms with E-state index >= 15 is 0 Å². The number of benzene rings is 1. The van der Waals surface area contributed by atoms with Crippen LogP contribution < -0.4 is 5.32 Å². The smallest absolute Gasteiger partial charge is 0.0631 e. The van der Waals surface area contributed by atoms with Gasteiger partial charge in [-0.2, -0.15) is 5.10 Å². The van der Waals surface area contributed by atoms with E-state index in [0.29, 0.717) is 5.92 Å². The summed E-state index contributed by atoms with van der Waals surface area (Å²) in [6.45, 7) is 4.67. The molecule has 4 nitrogen and oxygen atoms in total. The molecule has 1 unspecified atom stereocenters. The van der Waals surface area contributed by atoms with Crippen molar-refractivity contribution in [1.29, 1.82) is 0 Å². The van der Waals surface area contributed by atoms with Crippen molar-refractivity contribution in [2.75, 3.05) is 26.8 Å². The summed E-state index contributed by atoms with van der Waals surface area (Å²) in [6, 6.07) is 10.9. The normalized spacial score (nSPS) is 12.5. The third-order valence-corrected chi connectivity index (χ3v) is 3.65. The molecule has 1 aromatic heterocycles. The molecule has 0 aliphatic heterocycles. The van der Waals surface area contributed by atoms with Crippen LogP contribution >= 0.6 is 0 Å². The number of hydrogen-bond donors (Lipinski definition) is 1. The minimum absolute atomic E-state index is 0.428. The van der Waals surface area contributed by atoms with Crippen molar-refractivity contribution in [2.45, 2.75) is 19.3 Å². The maximum atomic E-state index is 5.09. The molecule has 1 N–H and O–H groups in total. The molecule has 0 spiro atoms. The van der Waals surface area contributed by atoms with Gasteiger partial charge in [0.05, 0.1) is 12.3 Å². The summed E-state index contributed by atoms with van der Waals surface area (Å²) >= 11 is 0. The first-order chi connectivity index (χ1) is 10.2. The number of ether oxygens (including phenoxy) is 1. The molecule has 0 bridgehead atoms. The first-order valence-electron chi connectivity index (χ1n) is 7.44. The van der Waals surface area contributed by atoms with Crippen LogP contribution in [0.3, 0.4) is 0 Å². The van der Waals surface area contributed by atoms with Crippen molar-refractivity contribution in [3.63, 3.8) is 0 Å². The van der Waals surface area contributed by atoms with Crippen molar-refractivity contribution < 1.29 is 4.74 Å². The van der Waals surface area contributed by atoms with E-state index in [4.69, 9.17) is 4.74 Å². The van der Waals surface area contributed by atoms with E-state index in [1.54, 1.807) is 7.11 Å². The highest BCUT2D eigenvalue weighted by atomic mass is 16.5. The lowest BCUT2D eigenvalue weighted by Gasteiger charge is -2.17. The minimum atomic E-state index is 0.428. The van der Waals surface area contributed by atoms with Gasteiger partial charge in [0.25, 0.3) is 0 Å². The fourth-order valence-corrected chi connectivity index (χ4v) is 2.42. The first-order valence-corrected chi connectivity index (χ1v) is 7.44. The van der Waals surface area contributed by atoms with E-state index in [0.717, 1.165) is 31.8 Å². The van der Waals surface area contributed by atoms with E-state index < -0.39 is 0 Å². The van der Waals surface area contributed by atoms with Crippen LogP contribution in [-0.2, 0) is 18.2 Å². The van der Waals surface area contributed by atoms with Crippen LogP contribution in [0.1, 0.15) is 22.7 Å². The van der Waals surface area contributed by atoms with E-state index in [2.05, 4.69) is 47.7 Å². The molecule has 1 atom stereocenters. The molecule has 21 heavy (non-hydrogen) atoms. The van der Waals surface area contributed by atoms with E-state index in [1.807, 2.05) is 17.9 Å². The van der Waals surface area contributed by atoms with Gasteiger partial charge in [0.1, 0.15) is 0 Å². The van der Waals surface area contributed by atoms with Gasteiger partial charge in [-0.15, -0.1) is 0 Å². The third-order valence-electron chi connectivity index (χ3n) is 3.65. The van der Waals surface area contributed by atoms with Gasteiger partial charge in [-0.3, -0.25) is 4.68 Å². The van der Waals surface area contributed by atoms with Crippen molar-refractivity contribution >= 4 is 0 Å². The van der Waals surface area contributed by atoms with Crippen molar-refractivity contribution in [3.8, 4) is 0 Å². The number of rotatable bonds is 8. The molecule has 0 amide bonds. The van der Waals surface area contributed by atoms with Crippen LogP contribution in [0.5, 0.6) is 0 Å². The number of nitrogens with zero attached hydrogens (tertiary/aromatic N) is 2. The quantitative estimate of drug-likeness (QED) is 0.757. The topological polar surface area (TPSA) is 39.1 Å². The Morgan fingerprint density at radius 3 is 2.62 bits per heavy atom. The first kappa shape index (κ1) is 15.7. The third kappa shape index (κ3) is 4.99. The van der Waals surface area contributed by atoms with Crippen molar-refractivity contribution in [3.05, 3.63) is 53.3 Å². The second kappa shape index (κ2) is 7.96. The second-order valence-corrected chi connectivity index (χ2v) is 5.49. The SMILES string of the molecule is COCCNCC(Cc1ccn(C)n1)c1ccc(C)cc1. The summed E-state index contributed by atoms with van der Waals surface area (Å²) in [7, 11) is 3.69. The summed E-state index contributed by atoms with van der Waals surface area (Å²) in [5, 5.41) is 7.97. The fraction of sp³-hybridized carbons (Fsp3) is 0.471. The fourth-order valence-electron chi connectivity index (χ4n) is 2.42. The molecule has 0 saturated carbocycles. The molecule has 0 radical (unpaired) electrons. The van der Waals surface area contributed by atoms with Crippen LogP contribution in [0.25, 0.3) is 0 Å². The minimum Gasteiger partial charge on any atom is -0.383 e. The molecule has 2 rings (SSSR count). The summed E-state index contributed by atoms with van der Waals surface area (Å²) in [6.07, 6.45) is 2.95. The van der Waals surface area contributed by atoms with Crippen LogP contribution in [0.4, 0.5) is 0 Å². The summed E-state index contributed by atoms with van der Waals surface area (Å²) in [5.74, 6) is 0.428. The summed E-state index contributed by atoms with van der Waals surface area (Å²) < 4.78 is 6.95. The monoisotopic (exact) mass is 287 g/mol. The van der Waals surface area contributed by atoms with Gasteiger partial charge in [0.2, 0.25) is 0 Å². The molecule has 0 saturated heterocycles. The van der Waals surface area contributed by atoms with Crippen LogP contribution in [0, 0.1) is 6.92 Å². The zero-order valence-corrected chi connectivity index (χ0v) is 13.2. The highest BCUT2D eigenvalue weighted by Crippen LogP contribution is 2.20. The number of methoxy groups -OCH3 is 1. The summed E-state index contributed by atoms with van der Waals surface area (Å²) in [5.41, 5.74) is 3.79. The van der Waals surface area contributed by atoms with Gasteiger partial charge in [0.15, 0.2) is 0 Å². The van der Waals surface area contributed by atoms with E-state index in [1.165, 1.54) is 11.1 Å². The number of hydrogen-bond acceptors (Lipinski definition) is 3. The van der Waals surface area contributed by atoms with Gasteiger partial charge in [0, 0.05) is 39.4 Å². The number of aryl methyl sites for hydroxylation is 2. The molecule has 0 fully saturated rings. The molecule has 0 aliphatic carbocycles. The largest absolute Gasteiger partial charge is 0.383 e. The zero-order valence-electron chi connectivity index (χ0n) is 13.2. The maximum Gasteiger partial charge on any atom is 0.0631 e. The highest BCUT2D eigenvalue weighted by Gasteiger charge is 2.13. The van der Waals surface area contributed by atoms with Crippen LogP contribution in [0.2, 0.25) is 0 Å². The van der Waals surface area contributed by atoms with Gasteiger partial charge in [-0.25, -0.2) is 0 Å². The zero-order chi connectivity index (χ0) is 15.1. The molecule has 114 valence electrons. The Kier molecular flexibility index (Phi) is 5.96. The van der Waals surface area contributed by atoms with Gasteiger partial charge >= 0.3 is 0 Å². The van der Waals surface area contributed by atoms with Gasteiger partial charge in [-0.05, 0) is 25.0 Å². The lowest BCUT2D eigenvalue weighted by Crippen LogP contribution is -2.26. The molecular weight excluding hydrogens is 262 g/mol. The predicted molar refractivity (Wildman–Crippen MR) is 85.6 cm³/mol. The van der Waals surface area contributed by atoms with Gasteiger partial charge < -0.3 is 10.1 Å². The highest BCUT2D eigenvalue weighted by molar-refractivity contribution is 5.26. The molecule has 0 aliphatic rings. The number of aromatic nitrogens is 2. The molecule has 4 heteroatoms. The van der Waals surface area contributed by atoms with Crippen molar-refractivity contribution in [1.82, 2.24) is 15.1 Å². The van der Waals surface area contributed by atoms with Crippen LogP contribution in [-0.4, -0.2) is 36.6 Å². The predicted octanol–water partition coefficient (Wildman–Crippen LogP) is 2.29. The molecular formula is C17H25N3O. The Bertz CT molecular complexity index is 533. The maximum absolute atomic E-state index is 5.09. The Morgan fingerprint density at radius 1 is 1.24 bits per heavy atom. The Balaban J connectivity index is 2.04.